The molecule has 0 bridgehead atoms. The minimum absolute atomic E-state index is 0.0695. The summed E-state index contributed by atoms with van der Waals surface area (Å²) in [7, 11) is 0. The number of carboxylic acids is 1. The predicted octanol–water partition coefficient (Wildman–Crippen LogP) is 1.06. The van der Waals surface area contributed by atoms with Crippen LogP contribution in [-0.4, -0.2) is 54.4 Å². The summed E-state index contributed by atoms with van der Waals surface area (Å²) in [5.74, 6) is -1.01. The van der Waals surface area contributed by atoms with Crippen molar-refractivity contribution in [2.75, 3.05) is 26.3 Å². The molecular formula is C13H22N2O4. The average Bonchev–Trinajstić information content (AvgIpc) is 2.83. The Labute approximate surface area is 113 Å². The number of nitrogens with zero attached hydrogens (tertiary/aromatic N) is 1. The van der Waals surface area contributed by atoms with E-state index in [9.17, 15) is 9.59 Å². The minimum atomic E-state index is -1.01. The second-order valence-corrected chi connectivity index (χ2v) is 5.80. The van der Waals surface area contributed by atoms with E-state index >= 15 is 0 Å². The number of aliphatic carboxylic acids is 1. The standard InChI is InChI=1S/C13H22N2O4/c1-13(4-2-3-5-13)9-14-12(18)15-6-7-19-8-10(15)11(16)17/h10H,2-9H2,1H3,(H,14,18)(H,16,17). The summed E-state index contributed by atoms with van der Waals surface area (Å²) < 4.78 is 5.12. The van der Waals surface area contributed by atoms with E-state index in [4.69, 9.17) is 9.84 Å². The van der Waals surface area contributed by atoms with Crippen LogP contribution in [0.1, 0.15) is 32.6 Å². The topological polar surface area (TPSA) is 78.9 Å². The molecule has 6 heteroatoms. The van der Waals surface area contributed by atoms with Gasteiger partial charge in [0.2, 0.25) is 0 Å². The van der Waals surface area contributed by atoms with Gasteiger partial charge in [-0.05, 0) is 18.3 Å². The predicted molar refractivity (Wildman–Crippen MR) is 68.9 cm³/mol. The van der Waals surface area contributed by atoms with Crippen molar-refractivity contribution >= 4 is 12.0 Å². The Balaban J connectivity index is 1.89. The highest BCUT2D eigenvalue weighted by molar-refractivity contribution is 5.83. The number of carbonyl (C=O) groups is 2. The van der Waals surface area contributed by atoms with Gasteiger partial charge in [-0.25, -0.2) is 9.59 Å². The third kappa shape index (κ3) is 3.37. The Kier molecular flexibility index (Phi) is 4.29. The third-order valence-corrected chi connectivity index (χ3v) is 4.15. The molecule has 1 aliphatic carbocycles. The summed E-state index contributed by atoms with van der Waals surface area (Å²) in [5.41, 5.74) is 0.167. The molecule has 0 spiro atoms. The van der Waals surface area contributed by atoms with Crippen molar-refractivity contribution < 1.29 is 19.4 Å². The van der Waals surface area contributed by atoms with Crippen LogP contribution in [0.3, 0.4) is 0 Å². The number of hydrogen-bond donors (Lipinski definition) is 2. The number of rotatable bonds is 3. The van der Waals surface area contributed by atoms with E-state index in [1.165, 1.54) is 17.7 Å². The molecule has 19 heavy (non-hydrogen) atoms. The van der Waals surface area contributed by atoms with E-state index in [2.05, 4.69) is 12.2 Å². The monoisotopic (exact) mass is 270 g/mol. The van der Waals surface area contributed by atoms with Crippen LogP contribution >= 0.6 is 0 Å². The zero-order chi connectivity index (χ0) is 13.9. The van der Waals surface area contributed by atoms with E-state index < -0.39 is 12.0 Å². The van der Waals surface area contributed by atoms with Crippen LogP contribution in [0.2, 0.25) is 0 Å². The quantitative estimate of drug-likeness (QED) is 0.803. The smallest absolute Gasteiger partial charge is 0.328 e. The van der Waals surface area contributed by atoms with E-state index in [0.717, 1.165) is 12.8 Å². The lowest BCUT2D eigenvalue weighted by Gasteiger charge is -2.34. The highest BCUT2D eigenvalue weighted by atomic mass is 16.5. The molecule has 0 aromatic rings. The molecule has 1 aliphatic heterocycles. The lowest BCUT2D eigenvalue weighted by Crippen LogP contribution is -2.56. The van der Waals surface area contributed by atoms with Gasteiger partial charge in [0.15, 0.2) is 6.04 Å². The molecule has 1 saturated carbocycles. The molecule has 1 atom stereocenters. The van der Waals surface area contributed by atoms with Gasteiger partial charge < -0.3 is 20.1 Å². The summed E-state index contributed by atoms with van der Waals surface area (Å²) in [5, 5.41) is 12.0. The van der Waals surface area contributed by atoms with Gasteiger partial charge in [-0.15, -0.1) is 0 Å². The molecule has 108 valence electrons. The summed E-state index contributed by atoms with van der Waals surface area (Å²) >= 11 is 0. The summed E-state index contributed by atoms with van der Waals surface area (Å²) in [6.07, 6.45) is 4.67. The highest BCUT2D eigenvalue weighted by Gasteiger charge is 2.34. The average molecular weight is 270 g/mol. The number of morpholine rings is 1. The van der Waals surface area contributed by atoms with Crippen molar-refractivity contribution in [3.8, 4) is 0 Å². The fourth-order valence-corrected chi connectivity index (χ4v) is 2.85. The van der Waals surface area contributed by atoms with Gasteiger partial charge in [0.1, 0.15) is 0 Å². The molecule has 2 aliphatic rings. The molecule has 0 aromatic heterocycles. The molecule has 2 amide bonds. The normalized spacial score (nSPS) is 26.2. The fraction of sp³-hybridized carbons (Fsp3) is 0.846. The fourth-order valence-electron chi connectivity index (χ4n) is 2.85. The number of amides is 2. The molecule has 2 rings (SSSR count). The molecule has 6 nitrogen and oxygen atoms in total. The largest absolute Gasteiger partial charge is 0.480 e. The van der Waals surface area contributed by atoms with Crippen molar-refractivity contribution in [3.63, 3.8) is 0 Å². The summed E-state index contributed by atoms with van der Waals surface area (Å²) in [6, 6.07) is -1.16. The van der Waals surface area contributed by atoms with Crippen molar-refractivity contribution in [1.82, 2.24) is 10.2 Å². The van der Waals surface area contributed by atoms with Gasteiger partial charge in [-0.2, -0.15) is 0 Å². The van der Waals surface area contributed by atoms with Crippen LogP contribution in [-0.2, 0) is 9.53 Å². The Morgan fingerprint density at radius 2 is 2.11 bits per heavy atom. The Morgan fingerprint density at radius 1 is 1.42 bits per heavy atom. The first kappa shape index (κ1) is 14.1. The number of ether oxygens (including phenoxy) is 1. The zero-order valence-corrected chi connectivity index (χ0v) is 11.4. The summed E-state index contributed by atoms with van der Waals surface area (Å²) in [6.45, 7) is 3.60. The maximum atomic E-state index is 12.1. The number of urea groups is 1. The Bertz CT molecular complexity index is 353. The van der Waals surface area contributed by atoms with E-state index in [1.807, 2.05) is 0 Å². The van der Waals surface area contributed by atoms with Crippen LogP contribution in [0.25, 0.3) is 0 Å². The number of hydrogen-bond acceptors (Lipinski definition) is 3. The van der Waals surface area contributed by atoms with E-state index in [-0.39, 0.29) is 18.1 Å². The first-order valence-electron chi connectivity index (χ1n) is 6.87. The first-order valence-corrected chi connectivity index (χ1v) is 6.87. The van der Waals surface area contributed by atoms with Crippen molar-refractivity contribution in [2.45, 2.75) is 38.6 Å². The second kappa shape index (κ2) is 5.77. The minimum Gasteiger partial charge on any atom is -0.480 e. The third-order valence-electron chi connectivity index (χ3n) is 4.15. The second-order valence-electron chi connectivity index (χ2n) is 5.80. The van der Waals surface area contributed by atoms with Gasteiger partial charge >= 0.3 is 12.0 Å². The molecule has 0 radical (unpaired) electrons. The van der Waals surface area contributed by atoms with Gasteiger partial charge in [-0.3, -0.25) is 0 Å². The number of nitrogens with one attached hydrogen (secondary N) is 1. The first-order chi connectivity index (χ1) is 9.02. The SMILES string of the molecule is CC1(CNC(=O)N2CCOCC2C(=O)O)CCCC1. The van der Waals surface area contributed by atoms with Gasteiger partial charge in [0, 0.05) is 13.1 Å². The van der Waals surface area contributed by atoms with Crippen LogP contribution in [0.15, 0.2) is 0 Å². The van der Waals surface area contributed by atoms with Gasteiger partial charge in [0.25, 0.3) is 0 Å². The van der Waals surface area contributed by atoms with Gasteiger partial charge in [-0.1, -0.05) is 19.8 Å². The number of carboxylic acid groups (broad SMARTS) is 1. The van der Waals surface area contributed by atoms with Gasteiger partial charge in [0.05, 0.1) is 13.2 Å². The lowest BCUT2D eigenvalue weighted by molar-refractivity contribution is -0.147. The summed E-state index contributed by atoms with van der Waals surface area (Å²) in [4.78, 5) is 24.6. The Hall–Kier alpha value is -1.30. The van der Waals surface area contributed by atoms with Crippen LogP contribution in [0.4, 0.5) is 4.79 Å². The molecule has 2 fully saturated rings. The Morgan fingerprint density at radius 3 is 2.74 bits per heavy atom. The maximum Gasteiger partial charge on any atom is 0.328 e. The van der Waals surface area contributed by atoms with Crippen LogP contribution in [0.5, 0.6) is 0 Å². The van der Waals surface area contributed by atoms with Crippen molar-refractivity contribution in [1.29, 1.82) is 0 Å². The lowest BCUT2D eigenvalue weighted by atomic mass is 9.89. The van der Waals surface area contributed by atoms with Crippen molar-refractivity contribution in [2.24, 2.45) is 5.41 Å². The van der Waals surface area contributed by atoms with Crippen LogP contribution in [0, 0.1) is 5.41 Å². The maximum absolute atomic E-state index is 12.1. The molecule has 1 unspecified atom stereocenters. The molecule has 1 saturated heterocycles. The van der Waals surface area contributed by atoms with E-state index in [1.54, 1.807) is 0 Å². The van der Waals surface area contributed by atoms with Crippen LogP contribution < -0.4 is 5.32 Å². The number of carbonyl (C=O) groups excluding carboxylic acids is 1. The van der Waals surface area contributed by atoms with Crippen molar-refractivity contribution in [3.05, 3.63) is 0 Å². The molecule has 1 heterocycles. The molecule has 0 aromatic carbocycles. The highest BCUT2D eigenvalue weighted by Crippen LogP contribution is 2.36. The van der Waals surface area contributed by atoms with E-state index in [0.29, 0.717) is 19.7 Å². The molecule has 2 N–H and O–H groups in total. The zero-order valence-electron chi connectivity index (χ0n) is 11.4. The molecular weight excluding hydrogens is 248 g/mol.